The van der Waals surface area contributed by atoms with Crippen LogP contribution in [0.1, 0.15) is 37.7 Å². The molecule has 0 saturated carbocycles. The molecule has 2 unspecified atom stereocenters. The SMILES string of the molecule is C#Cc1c(Cl)ccc2cccc(Oc3nc4c(N5CC6CCC(C5)N6)nc(OC[C@@]56CCCN5C[C@H](F)C6)nc4s3)c12. The van der Waals surface area contributed by atoms with Gasteiger partial charge >= 0.3 is 6.01 Å². The number of hydrogen-bond acceptors (Lipinski definition) is 9. The highest BCUT2D eigenvalue weighted by Crippen LogP contribution is 2.42. The van der Waals surface area contributed by atoms with Gasteiger partial charge in [-0.15, -0.1) is 6.42 Å². The van der Waals surface area contributed by atoms with Crippen LogP contribution in [-0.4, -0.2) is 76.4 Å². The number of anilines is 1. The summed E-state index contributed by atoms with van der Waals surface area (Å²) in [4.78, 5) is 19.8. The van der Waals surface area contributed by atoms with E-state index in [9.17, 15) is 4.39 Å². The lowest BCUT2D eigenvalue weighted by molar-refractivity contribution is 0.107. The number of thiazole rings is 1. The molecule has 2 bridgehead atoms. The molecule has 4 aromatic rings. The number of alkyl halides is 1. The van der Waals surface area contributed by atoms with Crippen LogP contribution in [0, 0.1) is 12.3 Å². The number of aromatic nitrogens is 3. The Kier molecular flexibility index (Phi) is 6.41. The van der Waals surface area contributed by atoms with Gasteiger partial charge in [-0.2, -0.15) is 15.0 Å². The van der Waals surface area contributed by atoms with Crippen LogP contribution in [0.2, 0.25) is 5.02 Å². The third-order valence-corrected chi connectivity index (χ3v) is 10.4. The summed E-state index contributed by atoms with van der Waals surface area (Å²) in [6, 6.07) is 10.6. The third-order valence-electron chi connectivity index (χ3n) is 9.25. The summed E-state index contributed by atoms with van der Waals surface area (Å²) in [7, 11) is 0. The van der Waals surface area contributed by atoms with Gasteiger partial charge in [-0.05, 0) is 49.7 Å². The van der Waals surface area contributed by atoms with Crippen LogP contribution in [-0.2, 0) is 0 Å². The van der Waals surface area contributed by atoms with E-state index in [0.29, 0.717) is 69.5 Å². The smallest absolute Gasteiger partial charge is 0.319 e. The number of piperazine rings is 1. The van der Waals surface area contributed by atoms with Gasteiger partial charge in [0.25, 0.3) is 5.19 Å². The van der Waals surface area contributed by atoms with Crippen LogP contribution in [0.25, 0.3) is 21.1 Å². The number of nitrogens with one attached hydrogen (secondary N) is 1. The van der Waals surface area contributed by atoms with Crippen molar-refractivity contribution in [2.24, 2.45) is 0 Å². The molecule has 0 aliphatic carbocycles. The first-order valence-corrected chi connectivity index (χ1v) is 15.7. The van der Waals surface area contributed by atoms with Crippen LogP contribution < -0.4 is 19.7 Å². The van der Waals surface area contributed by atoms with Crippen LogP contribution >= 0.6 is 22.9 Å². The number of terminal acetylenes is 1. The predicted octanol–water partition coefficient (Wildman–Crippen LogP) is 5.56. The lowest BCUT2D eigenvalue weighted by Gasteiger charge is -2.34. The molecule has 42 heavy (non-hydrogen) atoms. The minimum atomic E-state index is -0.815. The van der Waals surface area contributed by atoms with Crippen molar-refractivity contribution in [2.45, 2.75) is 55.9 Å². The second kappa shape index (κ2) is 10.2. The molecule has 6 heterocycles. The number of ether oxygens (including phenoxy) is 2. The van der Waals surface area contributed by atoms with Gasteiger partial charge in [0.15, 0.2) is 10.6 Å². The summed E-state index contributed by atoms with van der Waals surface area (Å²) >= 11 is 7.78. The van der Waals surface area contributed by atoms with Crippen molar-refractivity contribution in [1.29, 1.82) is 0 Å². The van der Waals surface area contributed by atoms with Crippen molar-refractivity contribution in [1.82, 2.24) is 25.2 Å². The van der Waals surface area contributed by atoms with Crippen LogP contribution in [0.3, 0.4) is 0 Å². The Hall–Kier alpha value is -3.23. The molecule has 1 N–H and O–H groups in total. The minimum absolute atomic E-state index is 0.279. The molecule has 4 fully saturated rings. The van der Waals surface area contributed by atoms with Gasteiger partial charge in [0, 0.05) is 43.5 Å². The summed E-state index contributed by atoms with van der Waals surface area (Å²) in [5, 5.41) is 6.31. The van der Waals surface area contributed by atoms with Gasteiger partial charge in [-0.1, -0.05) is 47.1 Å². The van der Waals surface area contributed by atoms with E-state index in [1.807, 2.05) is 24.3 Å². The maximum absolute atomic E-state index is 14.4. The molecular weight excluding hydrogens is 575 g/mol. The standard InChI is InChI=1S/C31H30ClFN6O2S/c1-2-22-23(32)10-7-18-5-3-6-24(25(18)22)41-30-35-26-27(38-15-20-8-9-21(16-38)34-20)36-29(37-28(26)42-30)40-17-31-11-4-12-39(31)14-19(33)13-31/h1,3,5-7,10,19-21,34H,4,8-9,11-17H2/t19-,20?,21?,31+/m1/s1. The third kappa shape index (κ3) is 4.45. The molecule has 0 amide bonds. The fourth-order valence-corrected chi connectivity index (χ4v) is 8.36. The van der Waals surface area contributed by atoms with E-state index in [4.69, 9.17) is 42.4 Å². The Morgan fingerprint density at radius 3 is 2.83 bits per heavy atom. The molecule has 8 nitrogen and oxygen atoms in total. The lowest BCUT2D eigenvalue weighted by Crippen LogP contribution is -2.51. The predicted molar refractivity (Wildman–Crippen MR) is 163 cm³/mol. The Labute approximate surface area is 252 Å². The zero-order valence-corrected chi connectivity index (χ0v) is 24.6. The minimum Gasteiger partial charge on any atom is -0.461 e. The van der Waals surface area contributed by atoms with E-state index in [1.165, 1.54) is 11.3 Å². The number of rotatable bonds is 6. The van der Waals surface area contributed by atoms with Crippen LogP contribution in [0.5, 0.6) is 17.0 Å². The van der Waals surface area contributed by atoms with Gasteiger partial charge in [0.1, 0.15) is 24.0 Å². The largest absolute Gasteiger partial charge is 0.461 e. The Morgan fingerprint density at radius 1 is 1.14 bits per heavy atom. The molecule has 4 aliphatic heterocycles. The first kappa shape index (κ1) is 26.4. The zero-order chi connectivity index (χ0) is 28.4. The first-order chi connectivity index (χ1) is 20.5. The summed E-state index contributed by atoms with van der Waals surface area (Å²) in [5.41, 5.74) is 0.990. The van der Waals surface area contributed by atoms with Crippen molar-refractivity contribution in [3.63, 3.8) is 0 Å². The molecule has 4 aliphatic rings. The zero-order valence-electron chi connectivity index (χ0n) is 23.0. The molecule has 0 radical (unpaired) electrons. The second-order valence-corrected chi connectivity index (χ2v) is 13.2. The molecule has 216 valence electrons. The Morgan fingerprint density at radius 2 is 2.00 bits per heavy atom. The maximum Gasteiger partial charge on any atom is 0.319 e. The molecule has 2 aromatic heterocycles. The number of hydrogen-bond donors (Lipinski definition) is 1. The van der Waals surface area contributed by atoms with Gasteiger partial charge in [-0.3, -0.25) is 4.90 Å². The molecule has 2 aromatic carbocycles. The summed E-state index contributed by atoms with van der Waals surface area (Å²) in [6.45, 7) is 3.44. The van der Waals surface area contributed by atoms with E-state index < -0.39 is 6.17 Å². The molecule has 4 saturated heterocycles. The normalized spacial score (nSPS) is 27.1. The molecule has 0 spiro atoms. The van der Waals surface area contributed by atoms with E-state index >= 15 is 0 Å². The topological polar surface area (TPSA) is 75.6 Å². The van der Waals surface area contributed by atoms with E-state index in [1.54, 1.807) is 6.07 Å². The van der Waals surface area contributed by atoms with Crippen LogP contribution in [0.15, 0.2) is 30.3 Å². The van der Waals surface area contributed by atoms with Crippen molar-refractivity contribution in [3.05, 3.63) is 40.9 Å². The Balaban J connectivity index is 1.17. The maximum atomic E-state index is 14.4. The van der Waals surface area contributed by atoms with Crippen molar-refractivity contribution in [2.75, 3.05) is 37.7 Å². The van der Waals surface area contributed by atoms with E-state index in [-0.39, 0.29) is 5.54 Å². The highest BCUT2D eigenvalue weighted by atomic mass is 35.5. The number of halogens is 2. The summed E-state index contributed by atoms with van der Waals surface area (Å²) in [6.07, 6.45) is 9.79. The fourth-order valence-electron chi connectivity index (χ4n) is 7.36. The van der Waals surface area contributed by atoms with Gasteiger partial charge in [0.05, 0.1) is 16.1 Å². The van der Waals surface area contributed by atoms with E-state index in [0.717, 1.165) is 61.9 Å². The number of fused-ring (bicyclic) bond motifs is 5. The molecule has 8 rings (SSSR count). The fraction of sp³-hybridized carbons (Fsp3) is 0.452. The molecule has 4 atom stereocenters. The van der Waals surface area contributed by atoms with Crippen molar-refractivity contribution >= 4 is 49.9 Å². The average molecular weight is 605 g/mol. The molecular formula is C31H30ClFN6O2S. The summed E-state index contributed by atoms with van der Waals surface area (Å²) in [5.74, 6) is 4.04. The summed E-state index contributed by atoms with van der Waals surface area (Å²) < 4.78 is 27.1. The number of benzene rings is 2. The highest BCUT2D eigenvalue weighted by molar-refractivity contribution is 7.19. The van der Waals surface area contributed by atoms with Crippen LogP contribution in [0.4, 0.5) is 10.2 Å². The van der Waals surface area contributed by atoms with E-state index in [2.05, 4.69) is 21.0 Å². The monoisotopic (exact) mass is 604 g/mol. The number of nitrogens with zero attached hydrogens (tertiary/aromatic N) is 5. The van der Waals surface area contributed by atoms with Crippen molar-refractivity contribution in [3.8, 4) is 29.3 Å². The highest BCUT2D eigenvalue weighted by Gasteiger charge is 2.49. The van der Waals surface area contributed by atoms with Gasteiger partial charge < -0.3 is 19.7 Å². The second-order valence-electron chi connectivity index (χ2n) is 11.9. The quantitative estimate of drug-likeness (QED) is 0.287. The Bertz CT molecular complexity index is 1730. The molecule has 11 heteroatoms. The lowest BCUT2D eigenvalue weighted by atomic mass is 9.95. The van der Waals surface area contributed by atoms with Gasteiger partial charge in [-0.25, -0.2) is 4.39 Å². The average Bonchev–Trinajstić information content (AvgIpc) is 3.73. The van der Waals surface area contributed by atoms with Crippen molar-refractivity contribution < 1.29 is 13.9 Å². The van der Waals surface area contributed by atoms with Gasteiger partial charge in [0.2, 0.25) is 0 Å². The first-order valence-electron chi connectivity index (χ1n) is 14.6.